The Bertz CT molecular complexity index is 1260. The van der Waals surface area contributed by atoms with Crippen LogP contribution in [0.2, 0.25) is 0 Å². The molecule has 0 radical (unpaired) electrons. The highest BCUT2D eigenvalue weighted by atomic mass is 19.1. The first-order chi connectivity index (χ1) is 15.8. The van der Waals surface area contributed by atoms with Gasteiger partial charge in [0.1, 0.15) is 6.54 Å². The fourth-order valence-electron chi connectivity index (χ4n) is 3.97. The van der Waals surface area contributed by atoms with E-state index in [9.17, 15) is 14.4 Å². The second kappa shape index (κ2) is 8.90. The quantitative estimate of drug-likeness (QED) is 0.467. The number of rotatable bonds is 5. The lowest BCUT2D eigenvalue weighted by atomic mass is 9.98. The number of amides is 2. The van der Waals surface area contributed by atoms with E-state index in [1.807, 2.05) is 0 Å². The summed E-state index contributed by atoms with van der Waals surface area (Å²) in [6.07, 6.45) is 1.94. The first kappa shape index (κ1) is 22.3. The van der Waals surface area contributed by atoms with Crippen molar-refractivity contribution in [2.45, 2.75) is 33.1 Å². The number of halogens is 1. The largest absolute Gasteiger partial charge is 0.325 e. The molecule has 2 amide bonds. The van der Waals surface area contributed by atoms with Gasteiger partial charge in [-0.05, 0) is 50.2 Å². The summed E-state index contributed by atoms with van der Waals surface area (Å²) in [5.41, 5.74) is 2.79. The second-order valence-electron chi connectivity index (χ2n) is 7.93. The molecule has 1 aliphatic rings. The van der Waals surface area contributed by atoms with E-state index in [-0.39, 0.29) is 29.5 Å². The highest BCUT2D eigenvalue weighted by molar-refractivity contribution is 6.09. The number of hydrogen-bond acceptors (Lipinski definition) is 5. The summed E-state index contributed by atoms with van der Waals surface area (Å²) in [7, 11) is 0. The Morgan fingerprint density at radius 3 is 2.61 bits per heavy atom. The number of nitrogens with zero attached hydrogens (tertiary/aromatic N) is 3. The van der Waals surface area contributed by atoms with Crippen LogP contribution in [0.3, 0.4) is 0 Å². The predicted molar refractivity (Wildman–Crippen MR) is 123 cm³/mol. The minimum absolute atomic E-state index is 0.00724. The fraction of sp³-hybridized carbons (Fsp3) is 0.240. The minimum Gasteiger partial charge on any atom is -0.325 e. The Balaban J connectivity index is 1.67. The third kappa shape index (κ3) is 4.24. The first-order valence-corrected chi connectivity index (χ1v) is 10.7. The van der Waals surface area contributed by atoms with Gasteiger partial charge < -0.3 is 10.2 Å². The van der Waals surface area contributed by atoms with E-state index < -0.39 is 17.8 Å². The number of aromatic nitrogens is 2. The summed E-state index contributed by atoms with van der Waals surface area (Å²) in [5, 5.41) is 2.74. The topological polar surface area (TPSA) is 92.3 Å². The van der Waals surface area contributed by atoms with Crippen molar-refractivity contribution < 1.29 is 18.8 Å². The summed E-state index contributed by atoms with van der Waals surface area (Å²) in [6.45, 7) is 4.78. The molecule has 0 spiro atoms. The number of anilines is 2. The lowest BCUT2D eigenvalue weighted by Gasteiger charge is -2.24. The number of aryl methyl sites for hydroxylation is 1. The zero-order chi connectivity index (χ0) is 23.7. The smallest absolute Gasteiger partial charge is 0.244 e. The molecular formula is C25H23FN4O3. The van der Waals surface area contributed by atoms with Crippen LogP contribution in [0, 0.1) is 12.9 Å². The van der Waals surface area contributed by atoms with Gasteiger partial charge in [0.15, 0.2) is 5.78 Å². The number of carbonyl (C=O) groups excluding carboxylic acids is 3. The zero-order valence-electron chi connectivity index (χ0n) is 18.6. The van der Waals surface area contributed by atoms with Crippen LogP contribution in [0.4, 0.5) is 15.8 Å². The van der Waals surface area contributed by atoms with Crippen LogP contribution < -0.4 is 10.2 Å². The van der Waals surface area contributed by atoms with E-state index in [2.05, 4.69) is 15.3 Å². The first-order valence-electron chi connectivity index (χ1n) is 10.7. The molecule has 1 N–H and O–H groups in total. The van der Waals surface area contributed by atoms with Crippen LogP contribution in [0.15, 0.2) is 48.7 Å². The third-order valence-corrected chi connectivity index (χ3v) is 5.64. The Labute approximate surface area is 190 Å². The zero-order valence-corrected chi connectivity index (χ0v) is 18.6. The van der Waals surface area contributed by atoms with Crippen molar-refractivity contribution in [1.29, 1.82) is 0 Å². The van der Waals surface area contributed by atoms with E-state index in [0.29, 0.717) is 34.6 Å². The van der Waals surface area contributed by atoms with Gasteiger partial charge in [0, 0.05) is 35.1 Å². The number of benzene rings is 1. The number of hydrogen-bond donors (Lipinski definition) is 1. The van der Waals surface area contributed by atoms with Crippen LogP contribution in [-0.4, -0.2) is 34.1 Å². The average Bonchev–Trinajstić information content (AvgIpc) is 2.88. The minimum atomic E-state index is -0.720. The molecule has 0 saturated heterocycles. The summed E-state index contributed by atoms with van der Waals surface area (Å²) in [5.74, 6) is -2.21. The van der Waals surface area contributed by atoms with Gasteiger partial charge in [0.05, 0.1) is 22.9 Å². The number of fused-ring (bicyclic) bond motifs is 3. The lowest BCUT2D eigenvalue weighted by Crippen LogP contribution is -2.40. The number of nitrogens with one attached hydrogen (secondary N) is 1. The van der Waals surface area contributed by atoms with Gasteiger partial charge in [-0.15, -0.1) is 0 Å². The van der Waals surface area contributed by atoms with Gasteiger partial charge in [-0.25, -0.2) is 4.98 Å². The average molecular weight is 446 g/mol. The summed E-state index contributed by atoms with van der Waals surface area (Å²) in [4.78, 5) is 47.6. The molecule has 0 unspecified atom stereocenters. The van der Waals surface area contributed by atoms with Crippen molar-refractivity contribution in [2.75, 3.05) is 16.8 Å². The molecule has 2 aromatic heterocycles. The standard InChI is InChI=1S/C25H23FN4O3/c1-4-20(31)16-7-9-17(10-8-16)29-21(32)13-30-19-12-14(2)28-24(26)22(19)18-6-5-11-27-23(18)15(3)25(30)33/h5-12,15H,4,13H2,1-3H3,(H,29,32)/t15-/m1/s1. The summed E-state index contributed by atoms with van der Waals surface area (Å²) < 4.78 is 15.0. The van der Waals surface area contributed by atoms with Gasteiger partial charge >= 0.3 is 0 Å². The maximum atomic E-state index is 15.0. The molecule has 4 rings (SSSR count). The van der Waals surface area contributed by atoms with Crippen LogP contribution in [-0.2, 0) is 9.59 Å². The number of ketones is 1. The van der Waals surface area contributed by atoms with Gasteiger partial charge in [-0.2, -0.15) is 4.39 Å². The van der Waals surface area contributed by atoms with E-state index in [1.165, 1.54) is 4.90 Å². The molecule has 168 valence electrons. The van der Waals surface area contributed by atoms with Gasteiger partial charge in [-0.1, -0.05) is 13.0 Å². The van der Waals surface area contributed by atoms with Crippen molar-refractivity contribution in [2.24, 2.45) is 0 Å². The molecule has 1 aliphatic heterocycles. The fourth-order valence-corrected chi connectivity index (χ4v) is 3.97. The Morgan fingerprint density at radius 1 is 1.18 bits per heavy atom. The van der Waals surface area contributed by atoms with E-state index in [4.69, 9.17) is 0 Å². The molecule has 1 atom stereocenters. The van der Waals surface area contributed by atoms with Gasteiger partial charge in [-0.3, -0.25) is 19.4 Å². The maximum Gasteiger partial charge on any atom is 0.244 e. The molecule has 0 aliphatic carbocycles. The number of Topliss-reactive ketones (excluding diaryl/α,β-unsaturated/α-hetero) is 1. The molecule has 0 bridgehead atoms. The van der Waals surface area contributed by atoms with Crippen LogP contribution in [0.1, 0.15) is 47.9 Å². The Hall–Kier alpha value is -3.94. The van der Waals surface area contributed by atoms with Crippen LogP contribution in [0.25, 0.3) is 11.1 Å². The van der Waals surface area contributed by atoms with Gasteiger partial charge in [0.25, 0.3) is 0 Å². The molecule has 33 heavy (non-hydrogen) atoms. The van der Waals surface area contributed by atoms with Gasteiger partial charge in [0.2, 0.25) is 17.8 Å². The van der Waals surface area contributed by atoms with Crippen LogP contribution in [0.5, 0.6) is 0 Å². The van der Waals surface area contributed by atoms with E-state index >= 15 is 4.39 Å². The molecule has 3 aromatic rings. The molecule has 1 aromatic carbocycles. The summed E-state index contributed by atoms with van der Waals surface area (Å²) >= 11 is 0. The highest BCUT2D eigenvalue weighted by Crippen LogP contribution is 2.41. The monoisotopic (exact) mass is 446 g/mol. The van der Waals surface area contributed by atoms with E-state index in [1.54, 1.807) is 69.4 Å². The number of carbonyl (C=O) groups is 3. The van der Waals surface area contributed by atoms with Crippen molar-refractivity contribution in [3.8, 4) is 11.1 Å². The Morgan fingerprint density at radius 2 is 1.91 bits per heavy atom. The second-order valence-corrected chi connectivity index (χ2v) is 7.93. The van der Waals surface area contributed by atoms with Crippen molar-refractivity contribution in [1.82, 2.24) is 9.97 Å². The summed E-state index contributed by atoms with van der Waals surface area (Å²) in [6, 6.07) is 11.5. The van der Waals surface area contributed by atoms with Crippen molar-refractivity contribution in [3.63, 3.8) is 0 Å². The SMILES string of the molecule is CCC(=O)c1ccc(NC(=O)CN2C(=O)[C@H](C)c3ncccc3-c3c2cc(C)nc3F)cc1. The maximum absolute atomic E-state index is 15.0. The predicted octanol–water partition coefficient (Wildman–Crippen LogP) is 4.27. The van der Waals surface area contributed by atoms with E-state index in [0.717, 1.165) is 0 Å². The molecule has 3 heterocycles. The highest BCUT2D eigenvalue weighted by Gasteiger charge is 2.35. The normalized spacial score (nSPS) is 14.8. The Kier molecular flexibility index (Phi) is 6.00. The van der Waals surface area contributed by atoms with Crippen molar-refractivity contribution >= 4 is 29.0 Å². The molecule has 0 fully saturated rings. The van der Waals surface area contributed by atoms with Crippen LogP contribution >= 0.6 is 0 Å². The molecule has 0 saturated carbocycles. The molecule has 7 nitrogen and oxygen atoms in total. The molecular weight excluding hydrogens is 423 g/mol. The lowest BCUT2D eigenvalue weighted by molar-refractivity contribution is -0.122. The third-order valence-electron chi connectivity index (χ3n) is 5.64. The molecule has 8 heteroatoms. The van der Waals surface area contributed by atoms with Crippen molar-refractivity contribution in [3.05, 3.63) is 71.6 Å². The number of pyridine rings is 2.